The Morgan fingerprint density at radius 1 is 0.800 bits per heavy atom. The SMILES string of the molecule is CCN(c1ccc(N=C2C(=N)CC(=O)C(=Nc3ccc(N(CC)C(C)C)cc3)C2C)cc1)C(C)C. The molecule has 0 amide bonds. The maximum atomic E-state index is 12.8. The standard InChI is InChI=1S/C29H39N5O/c1-8-33(19(3)4)24-14-10-22(11-15-24)31-28-21(7)29(27(35)18-26(28)30)32-23-12-16-25(17-13-23)34(9-2)20(5)6/h10-17,19-21,30H,8-9,18H2,1-7H3. The number of nitrogens with zero attached hydrogens (tertiary/aromatic N) is 4. The lowest BCUT2D eigenvalue weighted by atomic mass is 9.84. The van der Waals surface area contributed by atoms with Gasteiger partial charge in [0.25, 0.3) is 0 Å². The minimum atomic E-state index is -0.339. The molecule has 0 saturated heterocycles. The molecule has 1 saturated carbocycles. The van der Waals surface area contributed by atoms with Crippen molar-refractivity contribution in [3.63, 3.8) is 0 Å². The number of benzene rings is 2. The fourth-order valence-corrected chi connectivity index (χ4v) is 4.70. The highest BCUT2D eigenvalue weighted by Crippen LogP contribution is 2.27. The number of anilines is 2. The second kappa shape index (κ2) is 11.4. The van der Waals surface area contributed by atoms with E-state index in [0.717, 1.165) is 35.8 Å². The van der Waals surface area contributed by atoms with Gasteiger partial charge in [0.1, 0.15) is 0 Å². The van der Waals surface area contributed by atoms with Crippen LogP contribution in [0.1, 0.15) is 54.9 Å². The van der Waals surface area contributed by atoms with Crippen LogP contribution in [0, 0.1) is 11.3 Å². The van der Waals surface area contributed by atoms with Crippen LogP contribution in [0.2, 0.25) is 0 Å². The van der Waals surface area contributed by atoms with Crippen molar-refractivity contribution in [2.24, 2.45) is 15.9 Å². The first-order chi connectivity index (χ1) is 16.7. The van der Waals surface area contributed by atoms with Gasteiger partial charge in [-0.25, -0.2) is 4.99 Å². The molecule has 6 nitrogen and oxygen atoms in total. The Morgan fingerprint density at radius 3 is 1.57 bits per heavy atom. The summed E-state index contributed by atoms with van der Waals surface area (Å²) in [5.41, 5.74) is 5.17. The smallest absolute Gasteiger partial charge is 0.183 e. The summed E-state index contributed by atoms with van der Waals surface area (Å²) < 4.78 is 0. The monoisotopic (exact) mass is 473 g/mol. The first kappa shape index (κ1) is 26.3. The molecule has 1 unspecified atom stereocenters. The van der Waals surface area contributed by atoms with E-state index in [1.807, 2.05) is 31.2 Å². The van der Waals surface area contributed by atoms with Crippen molar-refractivity contribution in [2.45, 2.75) is 67.0 Å². The minimum absolute atomic E-state index is 0.0338. The lowest BCUT2D eigenvalue weighted by Crippen LogP contribution is -2.40. The molecule has 0 aliphatic heterocycles. The summed E-state index contributed by atoms with van der Waals surface area (Å²) in [4.78, 5) is 26.9. The summed E-state index contributed by atoms with van der Waals surface area (Å²) in [5, 5.41) is 8.44. The van der Waals surface area contributed by atoms with E-state index in [-0.39, 0.29) is 23.8 Å². The Balaban J connectivity index is 1.87. The zero-order valence-electron chi connectivity index (χ0n) is 22.2. The van der Waals surface area contributed by atoms with Crippen LogP contribution in [0.15, 0.2) is 58.5 Å². The van der Waals surface area contributed by atoms with Gasteiger partial charge < -0.3 is 15.2 Å². The summed E-state index contributed by atoms with van der Waals surface area (Å²) in [6.07, 6.45) is 0.0338. The van der Waals surface area contributed by atoms with E-state index in [1.54, 1.807) is 0 Å². The van der Waals surface area contributed by atoms with Crippen LogP contribution in [-0.4, -0.2) is 48.1 Å². The quantitative estimate of drug-likeness (QED) is 0.468. The lowest BCUT2D eigenvalue weighted by Gasteiger charge is -2.27. The summed E-state index contributed by atoms with van der Waals surface area (Å²) >= 11 is 0. The van der Waals surface area contributed by atoms with Crippen LogP contribution in [0.25, 0.3) is 0 Å². The van der Waals surface area contributed by atoms with E-state index < -0.39 is 0 Å². The van der Waals surface area contributed by atoms with Crippen molar-refractivity contribution in [3.8, 4) is 0 Å². The fourth-order valence-electron chi connectivity index (χ4n) is 4.70. The third kappa shape index (κ3) is 6.05. The van der Waals surface area contributed by atoms with Gasteiger partial charge in [0.15, 0.2) is 5.78 Å². The van der Waals surface area contributed by atoms with Gasteiger partial charge in [-0.1, -0.05) is 6.92 Å². The highest BCUT2D eigenvalue weighted by atomic mass is 16.1. The first-order valence-corrected chi connectivity index (χ1v) is 12.7. The van der Waals surface area contributed by atoms with E-state index >= 15 is 0 Å². The predicted molar refractivity (Wildman–Crippen MR) is 150 cm³/mol. The van der Waals surface area contributed by atoms with Crippen LogP contribution in [0.3, 0.4) is 0 Å². The third-order valence-corrected chi connectivity index (χ3v) is 6.54. The van der Waals surface area contributed by atoms with Gasteiger partial charge in [0.05, 0.1) is 34.9 Å². The molecule has 1 atom stereocenters. The van der Waals surface area contributed by atoms with Gasteiger partial charge >= 0.3 is 0 Å². The first-order valence-electron chi connectivity index (χ1n) is 12.7. The molecule has 1 fully saturated rings. The van der Waals surface area contributed by atoms with Gasteiger partial charge in [-0.2, -0.15) is 0 Å². The van der Waals surface area contributed by atoms with Crippen molar-refractivity contribution < 1.29 is 4.79 Å². The molecule has 0 radical (unpaired) electrons. The number of carbonyl (C=O) groups excluding carboxylic acids is 1. The molecule has 1 aliphatic carbocycles. The third-order valence-electron chi connectivity index (χ3n) is 6.54. The molecule has 6 heteroatoms. The van der Waals surface area contributed by atoms with Crippen LogP contribution >= 0.6 is 0 Å². The van der Waals surface area contributed by atoms with Gasteiger partial charge in [0, 0.05) is 42.5 Å². The van der Waals surface area contributed by atoms with Crippen molar-refractivity contribution in [1.82, 2.24) is 0 Å². The highest BCUT2D eigenvalue weighted by molar-refractivity contribution is 6.62. The molecule has 1 aliphatic rings. The van der Waals surface area contributed by atoms with E-state index in [0.29, 0.717) is 23.5 Å². The molecule has 0 bridgehead atoms. The van der Waals surface area contributed by atoms with Crippen LogP contribution in [-0.2, 0) is 4.79 Å². The second-order valence-corrected chi connectivity index (χ2v) is 9.59. The van der Waals surface area contributed by atoms with Crippen molar-refractivity contribution in [1.29, 1.82) is 5.41 Å². The molecular formula is C29H39N5O. The van der Waals surface area contributed by atoms with Crippen LogP contribution in [0.5, 0.6) is 0 Å². The molecule has 0 spiro atoms. The Hall–Kier alpha value is -3.28. The summed E-state index contributed by atoms with van der Waals surface area (Å²) in [5.74, 6) is -0.442. The Bertz CT molecular complexity index is 1010. The van der Waals surface area contributed by atoms with Gasteiger partial charge in [-0.15, -0.1) is 0 Å². The number of ketones is 1. The largest absolute Gasteiger partial charge is 0.369 e. The van der Waals surface area contributed by atoms with E-state index in [4.69, 9.17) is 15.4 Å². The molecule has 35 heavy (non-hydrogen) atoms. The summed E-state index contributed by atoms with van der Waals surface area (Å²) in [7, 11) is 0. The fraction of sp³-hybridized carbons (Fsp3) is 0.448. The zero-order valence-corrected chi connectivity index (χ0v) is 22.2. The maximum absolute atomic E-state index is 12.8. The molecule has 1 N–H and O–H groups in total. The number of carbonyl (C=O) groups is 1. The average molecular weight is 474 g/mol. The number of nitrogens with one attached hydrogen (secondary N) is 1. The van der Waals surface area contributed by atoms with Crippen molar-refractivity contribution in [3.05, 3.63) is 48.5 Å². The highest BCUT2D eigenvalue weighted by Gasteiger charge is 2.33. The van der Waals surface area contributed by atoms with E-state index in [2.05, 4.69) is 75.6 Å². The maximum Gasteiger partial charge on any atom is 0.183 e. The number of Topliss-reactive ketones (excluding diaryl/α,β-unsaturated/α-hetero) is 1. The topological polar surface area (TPSA) is 72.1 Å². The number of hydrogen-bond acceptors (Lipinski definition) is 6. The lowest BCUT2D eigenvalue weighted by molar-refractivity contribution is -0.112. The Morgan fingerprint density at radius 2 is 1.20 bits per heavy atom. The average Bonchev–Trinajstić information content (AvgIpc) is 2.82. The molecular weight excluding hydrogens is 434 g/mol. The van der Waals surface area contributed by atoms with Crippen molar-refractivity contribution in [2.75, 3.05) is 22.9 Å². The molecule has 3 rings (SSSR count). The van der Waals surface area contributed by atoms with Gasteiger partial charge in [-0.3, -0.25) is 9.79 Å². The van der Waals surface area contributed by atoms with Gasteiger partial charge in [0.2, 0.25) is 0 Å². The number of hydrogen-bond donors (Lipinski definition) is 1. The normalized spacial score (nSPS) is 18.7. The molecule has 0 aromatic heterocycles. The molecule has 2 aromatic carbocycles. The van der Waals surface area contributed by atoms with Gasteiger partial charge in [-0.05, 0) is 90.1 Å². The zero-order chi connectivity index (χ0) is 25.7. The molecule has 0 heterocycles. The summed E-state index contributed by atoms with van der Waals surface area (Å²) in [6.45, 7) is 16.8. The predicted octanol–water partition coefficient (Wildman–Crippen LogP) is 6.63. The molecule has 2 aromatic rings. The van der Waals surface area contributed by atoms with E-state index in [1.165, 1.54) is 0 Å². The minimum Gasteiger partial charge on any atom is -0.369 e. The van der Waals surface area contributed by atoms with Crippen molar-refractivity contribution >= 4 is 45.7 Å². The number of rotatable bonds is 8. The van der Waals surface area contributed by atoms with E-state index in [9.17, 15) is 4.79 Å². The Kier molecular flexibility index (Phi) is 8.60. The Labute approximate surface area is 210 Å². The van der Waals surface area contributed by atoms with Crippen LogP contribution < -0.4 is 9.80 Å². The summed E-state index contributed by atoms with van der Waals surface area (Å²) in [6, 6.07) is 16.9. The number of aliphatic imine (C=N–C) groups is 2. The second-order valence-electron chi connectivity index (χ2n) is 9.59. The molecule has 186 valence electrons. The van der Waals surface area contributed by atoms with Crippen LogP contribution in [0.4, 0.5) is 22.7 Å².